The third-order valence-corrected chi connectivity index (χ3v) is 4.77. The molecule has 0 saturated carbocycles. The van der Waals surface area contributed by atoms with Crippen LogP contribution in [0.2, 0.25) is 0 Å². The average molecular weight is 414 g/mol. The van der Waals surface area contributed by atoms with Crippen molar-refractivity contribution in [1.82, 2.24) is 4.98 Å². The Hall–Kier alpha value is -2.86. The number of aliphatic carboxylic acids is 1. The molecule has 0 atom stereocenters. The first-order valence-electron chi connectivity index (χ1n) is 10.4. The summed E-state index contributed by atoms with van der Waals surface area (Å²) in [4.78, 5) is 15.0. The van der Waals surface area contributed by atoms with Gasteiger partial charge in [-0.25, -0.2) is 9.78 Å². The van der Waals surface area contributed by atoms with Gasteiger partial charge in [0.1, 0.15) is 17.2 Å². The number of methoxy groups -OCH3 is 1. The zero-order valence-electron chi connectivity index (χ0n) is 17.5. The number of carboxylic acid groups (broad SMARTS) is 1. The third-order valence-electron chi connectivity index (χ3n) is 4.77. The lowest BCUT2D eigenvalue weighted by Gasteiger charge is -2.10. The van der Waals surface area contributed by atoms with Crippen LogP contribution in [-0.2, 0) is 17.8 Å². The highest BCUT2D eigenvalue weighted by Gasteiger charge is 2.05. The van der Waals surface area contributed by atoms with Gasteiger partial charge < -0.3 is 19.7 Å². The van der Waals surface area contributed by atoms with E-state index in [9.17, 15) is 9.90 Å². The Labute approximate surface area is 178 Å². The standard InChI is InChI=1S/C24H31NO5/c1-29-21-12-9-19(10-13-21)8-6-4-2-3-5-7-17-30-23-15-11-20(18-26)25-22(23)14-16-24(27)28/h9-16,26H,2-8,17-18H2,1H3,(H,27,28). The van der Waals surface area contributed by atoms with Crippen molar-refractivity contribution in [1.29, 1.82) is 0 Å². The molecule has 0 aliphatic carbocycles. The summed E-state index contributed by atoms with van der Waals surface area (Å²) in [5.41, 5.74) is 2.24. The minimum Gasteiger partial charge on any atom is -0.497 e. The predicted molar refractivity (Wildman–Crippen MR) is 117 cm³/mol. The smallest absolute Gasteiger partial charge is 0.328 e. The maximum Gasteiger partial charge on any atom is 0.328 e. The molecule has 6 nitrogen and oxygen atoms in total. The van der Waals surface area contributed by atoms with Crippen LogP contribution in [0.3, 0.4) is 0 Å². The van der Waals surface area contributed by atoms with E-state index < -0.39 is 5.97 Å². The van der Waals surface area contributed by atoms with Gasteiger partial charge in [-0.2, -0.15) is 0 Å². The summed E-state index contributed by atoms with van der Waals surface area (Å²) in [5.74, 6) is 0.374. The summed E-state index contributed by atoms with van der Waals surface area (Å²) in [7, 11) is 1.68. The molecule has 0 radical (unpaired) electrons. The first-order valence-corrected chi connectivity index (χ1v) is 10.4. The third kappa shape index (κ3) is 8.66. The van der Waals surface area contributed by atoms with Crippen molar-refractivity contribution >= 4 is 12.0 Å². The predicted octanol–water partition coefficient (Wildman–Crippen LogP) is 4.64. The van der Waals surface area contributed by atoms with Gasteiger partial charge in [-0.3, -0.25) is 0 Å². The number of unbranched alkanes of at least 4 members (excludes halogenated alkanes) is 5. The number of hydrogen-bond acceptors (Lipinski definition) is 5. The highest BCUT2D eigenvalue weighted by molar-refractivity contribution is 5.85. The van der Waals surface area contributed by atoms with Gasteiger partial charge in [-0.1, -0.05) is 37.8 Å². The van der Waals surface area contributed by atoms with Gasteiger partial charge in [0.2, 0.25) is 0 Å². The molecule has 30 heavy (non-hydrogen) atoms. The number of benzene rings is 1. The van der Waals surface area contributed by atoms with Gasteiger partial charge in [-0.05, 0) is 55.2 Å². The molecule has 0 unspecified atom stereocenters. The van der Waals surface area contributed by atoms with Crippen LogP contribution in [-0.4, -0.2) is 34.9 Å². The number of aliphatic hydroxyl groups is 1. The van der Waals surface area contributed by atoms with Crippen LogP contribution in [0.4, 0.5) is 0 Å². The molecule has 162 valence electrons. The molecule has 0 saturated heterocycles. The van der Waals surface area contributed by atoms with Crippen LogP contribution in [0.15, 0.2) is 42.5 Å². The van der Waals surface area contributed by atoms with Gasteiger partial charge in [0, 0.05) is 6.08 Å². The molecule has 2 aromatic rings. The normalized spacial score (nSPS) is 11.0. The Morgan fingerprint density at radius 3 is 2.37 bits per heavy atom. The van der Waals surface area contributed by atoms with Crippen molar-refractivity contribution in [2.45, 2.75) is 51.6 Å². The lowest BCUT2D eigenvalue weighted by molar-refractivity contribution is -0.131. The number of aromatic nitrogens is 1. The van der Waals surface area contributed by atoms with E-state index in [-0.39, 0.29) is 6.61 Å². The zero-order valence-corrected chi connectivity index (χ0v) is 17.5. The van der Waals surface area contributed by atoms with Crippen LogP contribution in [0.25, 0.3) is 6.08 Å². The SMILES string of the molecule is COc1ccc(CCCCCCCCOc2ccc(CO)nc2C=CC(=O)O)cc1. The quantitative estimate of drug-likeness (QED) is 0.346. The Morgan fingerprint density at radius 2 is 1.70 bits per heavy atom. The monoisotopic (exact) mass is 413 g/mol. The highest BCUT2D eigenvalue weighted by Crippen LogP contribution is 2.20. The Morgan fingerprint density at radius 1 is 1.00 bits per heavy atom. The molecule has 0 fully saturated rings. The number of ether oxygens (including phenoxy) is 2. The summed E-state index contributed by atoms with van der Waals surface area (Å²) < 4.78 is 10.9. The molecule has 1 heterocycles. The summed E-state index contributed by atoms with van der Waals surface area (Å²) in [6, 6.07) is 11.7. The van der Waals surface area contributed by atoms with Crippen molar-refractivity contribution < 1.29 is 24.5 Å². The maximum absolute atomic E-state index is 10.7. The van der Waals surface area contributed by atoms with E-state index >= 15 is 0 Å². The number of aliphatic hydroxyl groups excluding tert-OH is 1. The molecule has 6 heteroatoms. The van der Waals surface area contributed by atoms with Gasteiger partial charge in [-0.15, -0.1) is 0 Å². The van der Waals surface area contributed by atoms with E-state index in [2.05, 4.69) is 17.1 Å². The molecule has 2 rings (SSSR count). The van der Waals surface area contributed by atoms with E-state index in [4.69, 9.17) is 14.6 Å². The molecule has 0 bridgehead atoms. The van der Waals surface area contributed by atoms with E-state index in [0.29, 0.717) is 23.7 Å². The van der Waals surface area contributed by atoms with E-state index in [1.807, 2.05) is 12.1 Å². The van der Waals surface area contributed by atoms with E-state index in [0.717, 1.165) is 31.1 Å². The first kappa shape index (κ1) is 23.4. The van der Waals surface area contributed by atoms with Crippen molar-refractivity contribution in [3.63, 3.8) is 0 Å². The van der Waals surface area contributed by atoms with E-state index in [1.165, 1.54) is 37.3 Å². The molecule has 0 spiro atoms. The average Bonchev–Trinajstić information content (AvgIpc) is 2.77. The topological polar surface area (TPSA) is 88.9 Å². The zero-order chi connectivity index (χ0) is 21.6. The molecule has 0 amide bonds. The van der Waals surface area contributed by atoms with Crippen molar-refractivity contribution in [2.24, 2.45) is 0 Å². The van der Waals surface area contributed by atoms with Crippen LogP contribution in [0, 0.1) is 0 Å². The summed E-state index contributed by atoms with van der Waals surface area (Å²) in [6.07, 6.45) is 10.3. The number of pyridine rings is 1. The second-order valence-electron chi connectivity index (χ2n) is 7.08. The Kier molecular flexibility index (Phi) is 10.4. The fourth-order valence-electron chi connectivity index (χ4n) is 3.10. The summed E-state index contributed by atoms with van der Waals surface area (Å²) in [5, 5.41) is 18.0. The number of hydrogen-bond donors (Lipinski definition) is 2. The molecule has 0 aliphatic rings. The minimum absolute atomic E-state index is 0.202. The number of rotatable bonds is 14. The first-order chi connectivity index (χ1) is 14.6. The minimum atomic E-state index is -1.05. The molecule has 1 aromatic carbocycles. The molecule has 0 aliphatic heterocycles. The van der Waals surface area contributed by atoms with Gasteiger partial charge in [0.05, 0.1) is 26.0 Å². The Bertz CT molecular complexity index is 802. The number of aryl methyl sites for hydroxylation is 1. The number of carbonyl (C=O) groups is 1. The lowest BCUT2D eigenvalue weighted by Crippen LogP contribution is -2.02. The molecule has 2 N–H and O–H groups in total. The van der Waals surface area contributed by atoms with Crippen molar-refractivity contribution in [2.75, 3.05) is 13.7 Å². The Balaban J connectivity index is 1.61. The van der Waals surface area contributed by atoms with Crippen molar-refractivity contribution in [3.05, 3.63) is 59.4 Å². The molecular formula is C24H31NO5. The molecular weight excluding hydrogens is 382 g/mol. The van der Waals surface area contributed by atoms with Crippen LogP contribution >= 0.6 is 0 Å². The highest BCUT2D eigenvalue weighted by atomic mass is 16.5. The number of nitrogens with zero attached hydrogens (tertiary/aromatic N) is 1. The summed E-state index contributed by atoms with van der Waals surface area (Å²) >= 11 is 0. The lowest BCUT2D eigenvalue weighted by atomic mass is 10.0. The largest absolute Gasteiger partial charge is 0.497 e. The molecule has 1 aromatic heterocycles. The maximum atomic E-state index is 10.7. The summed E-state index contributed by atoms with van der Waals surface area (Å²) in [6.45, 7) is 0.354. The van der Waals surface area contributed by atoms with E-state index in [1.54, 1.807) is 19.2 Å². The van der Waals surface area contributed by atoms with Gasteiger partial charge in [0.15, 0.2) is 0 Å². The van der Waals surface area contributed by atoms with Crippen LogP contribution in [0.5, 0.6) is 11.5 Å². The van der Waals surface area contributed by atoms with Crippen molar-refractivity contribution in [3.8, 4) is 11.5 Å². The second kappa shape index (κ2) is 13.4. The fourth-order valence-corrected chi connectivity index (χ4v) is 3.10. The van der Waals surface area contributed by atoms with Gasteiger partial charge in [0.25, 0.3) is 0 Å². The number of carboxylic acids is 1. The fraction of sp³-hybridized carbons (Fsp3) is 0.417. The second-order valence-corrected chi connectivity index (χ2v) is 7.08. The van der Waals surface area contributed by atoms with Gasteiger partial charge >= 0.3 is 5.97 Å². The van der Waals surface area contributed by atoms with Crippen LogP contribution in [0.1, 0.15) is 55.5 Å². The van der Waals surface area contributed by atoms with Crippen LogP contribution < -0.4 is 9.47 Å².